The van der Waals surface area contributed by atoms with Crippen LogP contribution in [-0.2, 0) is 11.2 Å². The highest BCUT2D eigenvalue weighted by Gasteiger charge is 2.26. The van der Waals surface area contributed by atoms with Gasteiger partial charge in [0.1, 0.15) is 11.4 Å². The molecule has 1 aromatic carbocycles. The second-order valence-electron chi connectivity index (χ2n) is 7.22. The molecule has 2 amide bonds. The molecular formula is C22H23N5O2. The molecule has 29 heavy (non-hydrogen) atoms. The summed E-state index contributed by atoms with van der Waals surface area (Å²) in [5, 5.41) is 7.01. The fraction of sp³-hybridized carbons (Fsp3) is 0.273. The maximum Gasteiger partial charge on any atom is 0.272 e. The van der Waals surface area contributed by atoms with E-state index in [1.165, 1.54) is 5.56 Å². The number of aryl methyl sites for hydroxylation is 1. The molecule has 0 spiro atoms. The predicted octanol–water partition coefficient (Wildman–Crippen LogP) is 2.31. The highest BCUT2D eigenvalue weighted by atomic mass is 16.2. The van der Waals surface area contributed by atoms with Crippen LogP contribution in [0.4, 0.5) is 0 Å². The number of nitrogens with one attached hydrogen (secondary N) is 1. The van der Waals surface area contributed by atoms with E-state index in [0.29, 0.717) is 49.7 Å². The van der Waals surface area contributed by atoms with Crippen molar-refractivity contribution >= 4 is 11.8 Å². The van der Waals surface area contributed by atoms with Crippen LogP contribution in [0.3, 0.4) is 0 Å². The van der Waals surface area contributed by atoms with E-state index in [-0.39, 0.29) is 11.8 Å². The summed E-state index contributed by atoms with van der Waals surface area (Å²) in [6.07, 6.45) is 2.08. The number of piperazine rings is 1. The molecular weight excluding hydrogens is 366 g/mol. The number of carbonyl (C=O) groups is 2. The number of aromatic amines is 1. The van der Waals surface area contributed by atoms with Crippen molar-refractivity contribution in [1.82, 2.24) is 25.0 Å². The number of hydrogen-bond donors (Lipinski definition) is 1. The summed E-state index contributed by atoms with van der Waals surface area (Å²) in [5.41, 5.74) is 3.98. The highest BCUT2D eigenvalue weighted by molar-refractivity contribution is 5.93. The van der Waals surface area contributed by atoms with Crippen molar-refractivity contribution in [2.45, 2.75) is 13.3 Å². The van der Waals surface area contributed by atoms with Gasteiger partial charge in [0, 0.05) is 32.4 Å². The van der Waals surface area contributed by atoms with Crippen LogP contribution in [0, 0.1) is 6.92 Å². The molecule has 3 heterocycles. The molecule has 0 radical (unpaired) electrons. The molecule has 0 saturated carbocycles. The van der Waals surface area contributed by atoms with Gasteiger partial charge in [-0.25, -0.2) is 0 Å². The molecule has 1 N–H and O–H groups in total. The molecule has 7 nitrogen and oxygen atoms in total. The quantitative estimate of drug-likeness (QED) is 0.742. The lowest BCUT2D eigenvalue weighted by molar-refractivity contribution is -0.131. The Morgan fingerprint density at radius 1 is 0.966 bits per heavy atom. The number of rotatable bonds is 4. The Kier molecular flexibility index (Phi) is 5.37. The monoisotopic (exact) mass is 389 g/mol. The van der Waals surface area contributed by atoms with Crippen molar-refractivity contribution in [3.05, 3.63) is 71.5 Å². The normalized spacial score (nSPS) is 14.1. The van der Waals surface area contributed by atoms with Crippen LogP contribution in [0.5, 0.6) is 0 Å². The number of nitrogens with zero attached hydrogens (tertiary/aromatic N) is 4. The summed E-state index contributed by atoms with van der Waals surface area (Å²) in [5.74, 6) is -0.00903. The minimum atomic E-state index is -0.106. The zero-order valence-corrected chi connectivity index (χ0v) is 16.3. The van der Waals surface area contributed by atoms with E-state index < -0.39 is 0 Å². The number of carbonyl (C=O) groups excluding carboxylic acids is 2. The van der Waals surface area contributed by atoms with E-state index >= 15 is 0 Å². The van der Waals surface area contributed by atoms with Crippen molar-refractivity contribution < 1.29 is 9.59 Å². The van der Waals surface area contributed by atoms with Crippen LogP contribution in [0.25, 0.3) is 11.4 Å². The van der Waals surface area contributed by atoms with Crippen molar-refractivity contribution in [2.24, 2.45) is 0 Å². The van der Waals surface area contributed by atoms with Crippen LogP contribution in [0.15, 0.2) is 54.7 Å². The first kappa shape index (κ1) is 18.9. The number of hydrogen-bond acceptors (Lipinski definition) is 4. The Bertz CT molecular complexity index is 990. The molecule has 1 fully saturated rings. The topological polar surface area (TPSA) is 82.2 Å². The van der Waals surface area contributed by atoms with Gasteiger partial charge < -0.3 is 9.80 Å². The van der Waals surface area contributed by atoms with Crippen molar-refractivity contribution in [2.75, 3.05) is 26.2 Å². The molecule has 3 aromatic rings. The molecule has 1 aliphatic heterocycles. The van der Waals surface area contributed by atoms with E-state index in [2.05, 4.69) is 15.2 Å². The number of aromatic nitrogens is 3. The number of benzene rings is 1. The molecule has 148 valence electrons. The summed E-state index contributed by atoms with van der Waals surface area (Å²) >= 11 is 0. The standard InChI is InChI=1S/C22H23N5O2/c1-16-5-7-17(8-6-16)14-21(28)26-10-12-27(13-11-26)22(29)20-15-19(24-25-20)18-4-2-3-9-23-18/h2-9,15H,10-14H2,1H3,(H,24,25). The van der Waals surface area contributed by atoms with E-state index in [4.69, 9.17) is 0 Å². The third-order valence-electron chi connectivity index (χ3n) is 5.13. The van der Waals surface area contributed by atoms with Crippen LogP contribution < -0.4 is 0 Å². The third-order valence-corrected chi connectivity index (χ3v) is 5.13. The Hall–Kier alpha value is -3.48. The van der Waals surface area contributed by atoms with E-state index in [0.717, 1.165) is 5.56 Å². The first-order valence-electron chi connectivity index (χ1n) is 9.69. The maximum atomic E-state index is 12.8. The molecule has 0 bridgehead atoms. The zero-order valence-electron chi connectivity index (χ0n) is 16.3. The van der Waals surface area contributed by atoms with Gasteiger partial charge in [-0.2, -0.15) is 5.10 Å². The summed E-state index contributed by atoms with van der Waals surface area (Å²) in [6.45, 7) is 4.13. The summed E-state index contributed by atoms with van der Waals surface area (Å²) in [6, 6.07) is 15.3. The minimum absolute atomic E-state index is 0.0972. The Balaban J connectivity index is 1.33. The zero-order chi connectivity index (χ0) is 20.2. The van der Waals surface area contributed by atoms with Crippen LogP contribution in [0.1, 0.15) is 21.6 Å². The Morgan fingerprint density at radius 2 is 1.69 bits per heavy atom. The Morgan fingerprint density at radius 3 is 2.38 bits per heavy atom. The van der Waals surface area contributed by atoms with Gasteiger partial charge in [-0.1, -0.05) is 35.9 Å². The predicted molar refractivity (Wildman–Crippen MR) is 109 cm³/mol. The van der Waals surface area contributed by atoms with E-state index in [1.54, 1.807) is 17.2 Å². The summed E-state index contributed by atoms with van der Waals surface area (Å²) < 4.78 is 0. The number of amides is 2. The second kappa shape index (κ2) is 8.26. The maximum absolute atomic E-state index is 12.8. The van der Waals surface area contributed by atoms with Crippen molar-refractivity contribution in [3.63, 3.8) is 0 Å². The average Bonchev–Trinajstić information content (AvgIpc) is 3.26. The average molecular weight is 389 g/mol. The van der Waals surface area contributed by atoms with Gasteiger partial charge >= 0.3 is 0 Å². The molecule has 1 saturated heterocycles. The van der Waals surface area contributed by atoms with Gasteiger partial charge in [0.2, 0.25) is 5.91 Å². The van der Waals surface area contributed by atoms with Gasteiger partial charge in [-0.15, -0.1) is 0 Å². The second-order valence-corrected chi connectivity index (χ2v) is 7.22. The number of H-pyrrole nitrogens is 1. The first-order valence-corrected chi connectivity index (χ1v) is 9.69. The van der Waals surface area contributed by atoms with Gasteiger partial charge in [0.05, 0.1) is 12.1 Å². The van der Waals surface area contributed by atoms with Crippen LogP contribution >= 0.6 is 0 Å². The van der Waals surface area contributed by atoms with E-state index in [9.17, 15) is 9.59 Å². The molecule has 7 heteroatoms. The SMILES string of the molecule is Cc1ccc(CC(=O)N2CCN(C(=O)c3cc(-c4ccccn4)n[nH]3)CC2)cc1. The molecule has 2 aromatic heterocycles. The molecule has 0 unspecified atom stereocenters. The lowest BCUT2D eigenvalue weighted by Gasteiger charge is -2.34. The Labute approximate surface area is 169 Å². The number of pyridine rings is 1. The lowest BCUT2D eigenvalue weighted by atomic mass is 10.1. The fourth-order valence-electron chi connectivity index (χ4n) is 3.40. The molecule has 4 rings (SSSR count). The van der Waals surface area contributed by atoms with Gasteiger partial charge in [0.15, 0.2) is 0 Å². The van der Waals surface area contributed by atoms with Gasteiger partial charge in [-0.3, -0.25) is 19.7 Å². The smallest absolute Gasteiger partial charge is 0.272 e. The minimum Gasteiger partial charge on any atom is -0.339 e. The largest absolute Gasteiger partial charge is 0.339 e. The van der Waals surface area contributed by atoms with Crippen molar-refractivity contribution in [3.8, 4) is 11.4 Å². The van der Waals surface area contributed by atoms with Crippen molar-refractivity contribution in [1.29, 1.82) is 0 Å². The molecule has 1 aliphatic rings. The molecule has 0 aliphatic carbocycles. The van der Waals surface area contributed by atoms with Gasteiger partial charge in [-0.05, 0) is 30.7 Å². The van der Waals surface area contributed by atoms with Gasteiger partial charge in [0.25, 0.3) is 5.91 Å². The third kappa shape index (κ3) is 4.34. The fourth-order valence-corrected chi connectivity index (χ4v) is 3.40. The molecule has 0 atom stereocenters. The van der Waals surface area contributed by atoms with E-state index in [1.807, 2.05) is 54.3 Å². The van der Waals surface area contributed by atoms with Crippen LogP contribution in [-0.4, -0.2) is 63.0 Å². The summed E-state index contributed by atoms with van der Waals surface area (Å²) in [7, 11) is 0. The lowest BCUT2D eigenvalue weighted by Crippen LogP contribution is -2.51. The first-order chi connectivity index (χ1) is 14.1. The highest BCUT2D eigenvalue weighted by Crippen LogP contribution is 2.16. The summed E-state index contributed by atoms with van der Waals surface area (Å²) in [4.78, 5) is 33.2. The van der Waals surface area contributed by atoms with Crippen LogP contribution in [0.2, 0.25) is 0 Å².